The zero-order valence-electron chi connectivity index (χ0n) is 6.46. The van der Waals surface area contributed by atoms with E-state index in [0.717, 1.165) is 0 Å². The van der Waals surface area contributed by atoms with E-state index in [1.54, 1.807) is 4.31 Å². The van der Waals surface area contributed by atoms with Crippen molar-refractivity contribution in [3.8, 4) is 0 Å². The maximum atomic E-state index is 10.3. The lowest BCUT2D eigenvalue weighted by Gasteiger charge is -2.21. The van der Waals surface area contributed by atoms with Crippen LogP contribution in [0.25, 0.3) is 0 Å². The van der Waals surface area contributed by atoms with Crippen LogP contribution in [0.15, 0.2) is 0 Å². The normalized spacial score (nSPS) is 14.9. The first-order chi connectivity index (χ1) is 4.09. The summed E-state index contributed by atoms with van der Waals surface area (Å²) in [6, 6.07) is 0.393. The van der Waals surface area contributed by atoms with Crippen molar-refractivity contribution in [2.24, 2.45) is 5.92 Å². The van der Waals surface area contributed by atoms with Crippen LogP contribution in [0.1, 0.15) is 20.8 Å². The number of hydrogen-bond acceptors (Lipinski definition) is 1. The first kappa shape index (κ1) is 9.11. The highest BCUT2D eigenvalue weighted by Gasteiger charge is 2.10. The Labute approximate surface area is 60.9 Å². The Balaban J connectivity index is 3.71. The molecule has 0 spiro atoms. The van der Waals surface area contributed by atoms with Gasteiger partial charge in [-0.15, -0.1) is 0 Å². The summed E-state index contributed by atoms with van der Waals surface area (Å²) in [6.07, 6.45) is 0. The molecule has 3 heteroatoms. The Morgan fingerprint density at radius 2 is 1.78 bits per heavy atom. The molecule has 0 bridgehead atoms. The SMILES string of the molecule is CC(C)[C@@H](C)N(C)[SH]=O. The largest absolute Gasteiger partial charge is 0.246 e. The van der Waals surface area contributed by atoms with Gasteiger partial charge >= 0.3 is 0 Å². The van der Waals surface area contributed by atoms with Gasteiger partial charge in [0.05, 0.1) is 11.9 Å². The highest BCUT2D eigenvalue weighted by atomic mass is 32.2. The molecule has 1 atom stereocenters. The summed E-state index contributed by atoms with van der Waals surface area (Å²) in [5.41, 5.74) is 0. The molecule has 0 aromatic rings. The molecule has 0 aliphatic heterocycles. The van der Waals surface area contributed by atoms with Gasteiger partial charge in [0.25, 0.3) is 0 Å². The van der Waals surface area contributed by atoms with Crippen LogP contribution in [0.5, 0.6) is 0 Å². The molecule has 0 saturated heterocycles. The van der Waals surface area contributed by atoms with Gasteiger partial charge in [0, 0.05) is 6.04 Å². The summed E-state index contributed by atoms with van der Waals surface area (Å²) >= 11 is 0.116. The summed E-state index contributed by atoms with van der Waals surface area (Å²) in [4.78, 5) is 0. The van der Waals surface area contributed by atoms with Gasteiger partial charge in [0.1, 0.15) is 0 Å². The Bertz CT molecular complexity index is 95.1. The highest BCUT2D eigenvalue weighted by Crippen LogP contribution is 2.05. The van der Waals surface area contributed by atoms with Crippen molar-refractivity contribution in [3.05, 3.63) is 0 Å². The smallest absolute Gasteiger partial charge is 0.0808 e. The van der Waals surface area contributed by atoms with Crippen molar-refractivity contribution >= 4 is 11.9 Å². The second-order valence-electron chi connectivity index (χ2n) is 2.64. The van der Waals surface area contributed by atoms with Crippen LogP contribution in [0.2, 0.25) is 0 Å². The van der Waals surface area contributed by atoms with Crippen LogP contribution in [-0.2, 0) is 11.9 Å². The van der Waals surface area contributed by atoms with E-state index in [4.69, 9.17) is 0 Å². The van der Waals surface area contributed by atoms with Crippen molar-refractivity contribution in [1.82, 2.24) is 4.31 Å². The summed E-state index contributed by atoms with van der Waals surface area (Å²) in [5, 5.41) is 0. The van der Waals surface area contributed by atoms with E-state index in [0.29, 0.717) is 12.0 Å². The zero-order chi connectivity index (χ0) is 7.44. The molecular formula is C6H15NOS. The van der Waals surface area contributed by atoms with Gasteiger partial charge in [0.2, 0.25) is 0 Å². The van der Waals surface area contributed by atoms with Crippen LogP contribution in [0.3, 0.4) is 0 Å². The van der Waals surface area contributed by atoms with Crippen molar-refractivity contribution < 1.29 is 4.21 Å². The van der Waals surface area contributed by atoms with Crippen LogP contribution in [0.4, 0.5) is 0 Å². The van der Waals surface area contributed by atoms with Gasteiger partial charge in [-0.25, -0.2) is 8.51 Å². The van der Waals surface area contributed by atoms with Gasteiger partial charge < -0.3 is 0 Å². The van der Waals surface area contributed by atoms with Crippen LogP contribution < -0.4 is 0 Å². The third kappa shape index (κ3) is 2.96. The van der Waals surface area contributed by atoms with Crippen molar-refractivity contribution in [3.63, 3.8) is 0 Å². The predicted molar refractivity (Wildman–Crippen MR) is 41.6 cm³/mol. The zero-order valence-corrected chi connectivity index (χ0v) is 7.35. The van der Waals surface area contributed by atoms with Crippen LogP contribution in [-0.4, -0.2) is 21.6 Å². The fourth-order valence-electron chi connectivity index (χ4n) is 0.506. The number of rotatable bonds is 3. The summed E-state index contributed by atoms with van der Waals surface area (Å²) in [7, 11) is 1.85. The van der Waals surface area contributed by atoms with Crippen molar-refractivity contribution in [2.75, 3.05) is 7.05 Å². The van der Waals surface area contributed by atoms with E-state index in [1.807, 2.05) is 7.05 Å². The molecule has 9 heavy (non-hydrogen) atoms. The van der Waals surface area contributed by atoms with E-state index < -0.39 is 0 Å². The molecule has 0 rings (SSSR count). The maximum absolute atomic E-state index is 10.3. The van der Waals surface area contributed by atoms with Crippen molar-refractivity contribution in [1.29, 1.82) is 0 Å². The molecule has 0 unspecified atom stereocenters. The van der Waals surface area contributed by atoms with Gasteiger partial charge in [-0.1, -0.05) is 13.8 Å². The Morgan fingerprint density at radius 1 is 1.33 bits per heavy atom. The van der Waals surface area contributed by atoms with E-state index >= 15 is 0 Å². The minimum Gasteiger partial charge on any atom is -0.246 e. The third-order valence-corrected chi connectivity index (χ3v) is 2.30. The average molecular weight is 149 g/mol. The molecule has 0 aromatic carbocycles. The molecule has 2 nitrogen and oxygen atoms in total. The molecular weight excluding hydrogens is 134 g/mol. The first-order valence-corrected chi connectivity index (χ1v) is 3.92. The van der Waals surface area contributed by atoms with E-state index in [9.17, 15) is 4.21 Å². The summed E-state index contributed by atoms with van der Waals surface area (Å²) < 4.78 is 12.1. The first-order valence-electron chi connectivity index (χ1n) is 3.15. The topological polar surface area (TPSA) is 20.3 Å². The second-order valence-corrected chi connectivity index (χ2v) is 3.43. The molecule has 0 aromatic heterocycles. The average Bonchev–Trinajstić information content (AvgIpc) is 1.84. The minimum absolute atomic E-state index is 0.116. The Hall–Kier alpha value is 0.110. The third-order valence-electron chi connectivity index (χ3n) is 1.68. The lowest BCUT2D eigenvalue weighted by atomic mass is 10.1. The molecule has 56 valence electrons. The molecule has 0 N–H and O–H groups in total. The summed E-state index contributed by atoms with van der Waals surface area (Å²) in [6.45, 7) is 6.30. The van der Waals surface area contributed by atoms with E-state index in [2.05, 4.69) is 20.8 Å². The van der Waals surface area contributed by atoms with Crippen LogP contribution >= 0.6 is 0 Å². The highest BCUT2D eigenvalue weighted by molar-refractivity contribution is 7.62. The predicted octanol–water partition coefficient (Wildman–Crippen LogP) is 0.823. The lowest BCUT2D eigenvalue weighted by Crippen LogP contribution is -2.29. The fraction of sp³-hybridized carbons (Fsp3) is 1.00. The van der Waals surface area contributed by atoms with E-state index in [-0.39, 0.29) is 11.9 Å². The van der Waals surface area contributed by atoms with Crippen LogP contribution in [0, 0.1) is 5.92 Å². The Morgan fingerprint density at radius 3 is 1.89 bits per heavy atom. The number of nitrogens with zero attached hydrogens (tertiary/aromatic N) is 1. The molecule has 0 aliphatic carbocycles. The van der Waals surface area contributed by atoms with Gasteiger partial charge in [-0.2, -0.15) is 0 Å². The second kappa shape index (κ2) is 4.01. The Kier molecular flexibility index (Phi) is 4.06. The van der Waals surface area contributed by atoms with Crippen molar-refractivity contribution in [2.45, 2.75) is 26.8 Å². The van der Waals surface area contributed by atoms with Gasteiger partial charge in [-0.05, 0) is 19.9 Å². The molecule has 0 fully saturated rings. The van der Waals surface area contributed by atoms with Gasteiger partial charge in [-0.3, -0.25) is 0 Å². The fourth-order valence-corrected chi connectivity index (χ4v) is 0.921. The summed E-state index contributed by atoms with van der Waals surface area (Å²) in [5.74, 6) is 0.566. The lowest BCUT2D eigenvalue weighted by molar-refractivity contribution is 0.336. The van der Waals surface area contributed by atoms with E-state index in [1.165, 1.54) is 0 Å². The molecule has 0 radical (unpaired) electrons. The molecule has 0 aliphatic rings. The van der Waals surface area contributed by atoms with Gasteiger partial charge in [0.15, 0.2) is 0 Å². The molecule has 0 saturated carbocycles. The minimum atomic E-state index is 0.116. The number of thiol groups is 1. The molecule has 0 heterocycles. The maximum Gasteiger partial charge on any atom is 0.0808 e. The quantitative estimate of drug-likeness (QED) is 0.589. The standard InChI is InChI=1S/C6H15NOS/c1-5(2)6(3)7(4)9-8/h5-6,9H,1-4H3/t6-/m1/s1. The monoisotopic (exact) mass is 149 g/mol. The number of hydrogen-bond donors (Lipinski definition) is 1. The molecule has 0 amide bonds.